The molecule has 3 aromatic carbocycles. The number of aromatic hydroxyl groups is 1. The van der Waals surface area contributed by atoms with Crippen molar-refractivity contribution in [3.63, 3.8) is 0 Å². The molecule has 4 aromatic rings. The minimum absolute atomic E-state index is 0.0909. The Morgan fingerprint density at radius 1 is 0.892 bits per heavy atom. The summed E-state index contributed by atoms with van der Waals surface area (Å²) in [5.41, 5.74) is 1.89. The number of ether oxygens (including phenoxy) is 3. The number of phenolic OH excluding ortho intramolecular Hbond substituents is 1. The highest BCUT2D eigenvalue weighted by molar-refractivity contribution is 9.10. The van der Waals surface area contributed by atoms with E-state index < -0.39 is 0 Å². The zero-order valence-corrected chi connectivity index (χ0v) is 21.6. The van der Waals surface area contributed by atoms with Crippen LogP contribution in [-0.2, 0) is 13.1 Å². The lowest BCUT2D eigenvalue weighted by Gasteiger charge is -2.34. The third kappa shape index (κ3) is 4.90. The number of para-hydroxylation sites is 1. The van der Waals surface area contributed by atoms with E-state index >= 15 is 0 Å². The van der Waals surface area contributed by atoms with Gasteiger partial charge < -0.3 is 23.7 Å². The maximum Gasteiger partial charge on any atom is 0.235 e. The van der Waals surface area contributed by atoms with Crippen molar-refractivity contribution in [2.45, 2.75) is 13.1 Å². The number of halogens is 1. The van der Waals surface area contributed by atoms with Gasteiger partial charge in [0.15, 0.2) is 11.5 Å². The quantitative estimate of drug-likeness (QED) is 0.346. The Labute approximate surface area is 221 Å². The smallest absolute Gasteiger partial charge is 0.235 e. The zero-order chi connectivity index (χ0) is 25.4. The van der Waals surface area contributed by atoms with E-state index in [0.717, 1.165) is 48.7 Å². The molecule has 0 radical (unpaired) electrons. The van der Waals surface area contributed by atoms with Crippen LogP contribution in [0.5, 0.6) is 28.7 Å². The third-order valence-electron chi connectivity index (χ3n) is 6.73. The van der Waals surface area contributed by atoms with Crippen LogP contribution >= 0.6 is 15.9 Å². The fourth-order valence-corrected chi connectivity index (χ4v) is 5.09. The van der Waals surface area contributed by atoms with Crippen LogP contribution in [0.25, 0.3) is 11.0 Å². The topological polar surface area (TPSA) is 84.6 Å². The average molecular weight is 565 g/mol. The number of rotatable bonds is 6. The third-order valence-corrected chi connectivity index (χ3v) is 7.39. The van der Waals surface area contributed by atoms with Crippen LogP contribution in [0.3, 0.4) is 0 Å². The lowest BCUT2D eigenvalue weighted by Crippen LogP contribution is -2.45. The molecular formula is C28H25BrN2O6. The summed E-state index contributed by atoms with van der Waals surface area (Å²) >= 11 is 3.43. The van der Waals surface area contributed by atoms with Crippen LogP contribution in [-0.4, -0.2) is 47.9 Å². The molecule has 1 saturated heterocycles. The normalized spacial score (nSPS) is 15.8. The first-order valence-corrected chi connectivity index (χ1v) is 12.9. The maximum absolute atomic E-state index is 13.2. The number of benzene rings is 3. The first-order valence-electron chi connectivity index (χ1n) is 12.1. The lowest BCUT2D eigenvalue weighted by molar-refractivity contribution is 0.121. The molecule has 0 aliphatic carbocycles. The molecule has 0 amide bonds. The van der Waals surface area contributed by atoms with Gasteiger partial charge in [0.2, 0.25) is 18.0 Å². The van der Waals surface area contributed by atoms with E-state index in [1.54, 1.807) is 18.2 Å². The van der Waals surface area contributed by atoms with Gasteiger partial charge in [0.1, 0.15) is 23.3 Å². The average Bonchev–Trinajstić information content (AvgIpc) is 3.38. The zero-order valence-electron chi connectivity index (χ0n) is 20.0. The molecule has 1 N–H and O–H groups in total. The fraction of sp³-hybridized carbons (Fsp3) is 0.250. The summed E-state index contributed by atoms with van der Waals surface area (Å²) in [6.07, 6.45) is 1.32. The van der Waals surface area contributed by atoms with Crippen LogP contribution in [0.2, 0.25) is 0 Å². The lowest BCUT2D eigenvalue weighted by atomic mass is 10.1. The van der Waals surface area contributed by atoms with Crippen LogP contribution in [0, 0.1) is 0 Å². The molecule has 6 rings (SSSR count). The van der Waals surface area contributed by atoms with Crippen molar-refractivity contribution in [2.75, 3.05) is 33.0 Å². The van der Waals surface area contributed by atoms with Gasteiger partial charge in [0.05, 0.1) is 15.4 Å². The Bertz CT molecular complexity index is 1510. The predicted octanol–water partition coefficient (Wildman–Crippen LogP) is 5.10. The van der Waals surface area contributed by atoms with Crippen LogP contribution < -0.4 is 19.6 Å². The molecule has 0 bridgehead atoms. The molecule has 9 heteroatoms. The Kier molecular flexibility index (Phi) is 6.50. The van der Waals surface area contributed by atoms with E-state index in [4.69, 9.17) is 18.6 Å². The molecule has 0 spiro atoms. The van der Waals surface area contributed by atoms with E-state index in [2.05, 4.69) is 31.8 Å². The first kappa shape index (κ1) is 23.8. The molecular weight excluding hydrogens is 540 g/mol. The van der Waals surface area contributed by atoms with Crippen molar-refractivity contribution < 1.29 is 23.7 Å². The van der Waals surface area contributed by atoms with Crippen molar-refractivity contribution in [1.29, 1.82) is 0 Å². The number of nitrogens with zero attached hydrogens (tertiary/aromatic N) is 2. The van der Waals surface area contributed by atoms with Gasteiger partial charge in [0.25, 0.3) is 0 Å². The summed E-state index contributed by atoms with van der Waals surface area (Å²) in [6, 6.07) is 16.5. The van der Waals surface area contributed by atoms with E-state index in [0.29, 0.717) is 28.8 Å². The molecule has 0 unspecified atom stereocenters. The molecule has 37 heavy (non-hydrogen) atoms. The summed E-state index contributed by atoms with van der Waals surface area (Å²) in [4.78, 5) is 17.8. The molecule has 2 aliphatic heterocycles. The molecule has 3 heterocycles. The van der Waals surface area contributed by atoms with Gasteiger partial charge in [-0.25, -0.2) is 0 Å². The number of phenols is 1. The van der Waals surface area contributed by atoms with Gasteiger partial charge in [-0.05, 0) is 57.9 Å². The van der Waals surface area contributed by atoms with Crippen LogP contribution in [0.15, 0.2) is 74.5 Å². The van der Waals surface area contributed by atoms with Crippen molar-refractivity contribution in [3.05, 3.63) is 86.7 Å². The van der Waals surface area contributed by atoms with Crippen molar-refractivity contribution in [1.82, 2.24) is 9.80 Å². The minimum Gasteiger partial charge on any atom is -0.507 e. The summed E-state index contributed by atoms with van der Waals surface area (Å²) in [5.74, 6) is 2.31. The minimum atomic E-state index is -0.285. The second-order valence-corrected chi connectivity index (χ2v) is 10.00. The number of hydrogen-bond donors (Lipinski definition) is 1. The fourth-order valence-electron chi connectivity index (χ4n) is 4.73. The van der Waals surface area contributed by atoms with E-state index in [1.807, 2.05) is 30.3 Å². The molecule has 8 nitrogen and oxygen atoms in total. The molecule has 0 saturated carbocycles. The standard InChI is InChI=1S/C28H25BrN2O6/c29-21-3-1-2-4-23(21)37-26-16-34-28-19(27(26)33)6-7-22(32)20(28)15-31-11-9-30(10-12-31)14-18-5-8-24-25(13-18)36-17-35-24/h1-8,13,16,32H,9-12,14-15,17H2. The van der Waals surface area contributed by atoms with Crippen molar-refractivity contribution in [3.8, 4) is 28.7 Å². The highest BCUT2D eigenvalue weighted by atomic mass is 79.9. The monoisotopic (exact) mass is 564 g/mol. The number of fused-ring (bicyclic) bond motifs is 2. The highest BCUT2D eigenvalue weighted by Gasteiger charge is 2.22. The Morgan fingerprint density at radius 3 is 2.46 bits per heavy atom. The molecule has 1 fully saturated rings. The number of piperazine rings is 1. The van der Waals surface area contributed by atoms with Gasteiger partial charge in [0, 0.05) is 39.3 Å². The largest absolute Gasteiger partial charge is 0.507 e. The van der Waals surface area contributed by atoms with Crippen molar-refractivity contribution >= 4 is 26.9 Å². The second kappa shape index (κ2) is 10.1. The Hall–Kier alpha value is -3.53. The Morgan fingerprint density at radius 2 is 1.65 bits per heavy atom. The van der Waals surface area contributed by atoms with Crippen LogP contribution in [0.4, 0.5) is 0 Å². The van der Waals surface area contributed by atoms with Gasteiger partial charge >= 0.3 is 0 Å². The van der Waals surface area contributed by atoms with Gasteiger partial charge in [-0.3, -0.25) is 14.6 Å². The second-order valence-electron chi connectivity index (χ2n) is 9.14. The summed E-state index contributed by atoms with van der Waals surface area (Å²) in [6.45, 7) is 5.01. The van der Waals surface area contributed by atoms with E-state index in [1.165, 1.54) is 11.8 Å². The molecule has 2 aliphatic rings. The molecule has 1 aromatic heterocycles. The summed E-state index contributed by atoms with van der Waals surface area (Å²) in [7, 11) is 0. The highest BCUT2D eigenvalue weighted by Crippen LogP contribution is 2.34. The predicted molar refractivity (Wildman–Crippen MR) is 141 cm³/mol. The number of hydrogen-bond acceptors (Lipinski definition) is 8. The summed E-state index contributed by atoms with van der Waals surface area (Å²) < 4.78 is 23.3. The summed E-state index contributed by atoms with van der Waals surface area (Å²) in [5, 5.41) is 11.0. The van der Waals surface area contributed by atoms with Crippen molar-refractivity contribution in [2.24, 2.45) is 0 Å². The molecule has 190 valence electrons. The van der Waals surface area contributed by atoms with Crippen LogP contribution in [0.1, 0.15) is 11.1 Å². The first-order chi connectivity index (χ1) is 18.0. The van der Waals surface area contributed by atoms with Gasteiger partial charge in [-0.1, -0.05) is 18.2 Å². The van der Waals surface area contributed by atoms with E-state index in [9.17, 15) is 9.90 Å². The van der Waals surface area contributed by atoms with Gasteiger partial charge in [-0.15, -0.1) is 0 Å². The SMILES string of the molecule is O=c1c(Oc2ccccc2Br)coc2c(CN3CCN(Cc4ccc5c(c4)OCO5)CC3)c(O)ccc12. The van der Waals surface area contributed by atoms with Gasteiger partial charge in [-0.2, -0.15) is 0 Å². The van der Waals surface area contributed by atoms with E-state index in [-0.39, 0.29) is 23.7 Å². The Balaban J connectivity index is 1.15. The maximum atomic E-state index is 13.2. The molecule has 0 atom stereocenters.